The Morgan fingerprint density at radius 2 is 2.45 bits per heavy atom. The van der Waals surface area contributed by atoms with Crippen LogP contribution in [0.1, 0.15) is 32.6 Å². The van der Waals surface area contributed by atoms with Gasteiger partial charge in [0.15, 0.2) is 0 Å². The molecule has 64 valence electrons. The summed E-state index contributed by atoms with van der Waals surface area (Å²) >= 11 is 0. The third-order valence-electron chi connectivity index (χ3n) is 2.10. The highest BCUT2D eigenvalue weighted by Gasteiger charge is 2.23. The zero-order valence-corrected chi connectivity index (χ0v) is 7.14. The van der Waals surface area contributed by atoms with Crippen LogP contribution < -0.4 is 0 Å². The Bertz CT molecular complexity index is 132. The van der Waals surface area contributed by atoms with Crippen molar-refractivity contribution >= 4 is 5.78 Å². The first kappa shape index (κ1) is 8.72. The van der Waals surface area contributed by atoms with Gasteiger partial charge in [0.05, 0.1) is 6.61 Å². The molecule has 0 aliphatic heterocycles. The van der Waals surface area contributed by atoms with Crippen LogP contribution >= 0.6 is 0 Å². The summed E-state index contributed by atoms with van der Waals surface area (Å²) in [5.74, 6) is 0.627. The van der Waals surface area contributed by atoms with E-state index < -0.39 is 0 Å². The second-order valence-electron chi connectivity index (χ2n) is 3.13. The highest BCUT2D eigenvalue weighted by atomic mass is 16.5. The quantitative estimate of drug-likeness (QED) is 0.580. The minimum atomic E-state index is 0.224. The zero-order chi connectivity index (χ0) is 8.10. The van der Waals surface area contributed by atoms with Crippen molar-refractivity contribution in [2.75, 3.05) is 13.2 Å². The van der Waals surface area contributed by atoms with Gasteiger partial charge in [-0.1, -0.05) is 6.92 Å². The summed E-state index contributed by atoms with van der Waals surface area (Å²) in [6, 6.07) is 0. The largest absolute Gasteiger partial charge is 0.381 e. The van der Waals surface area contributed by atoms with Gasteiger partial charge in [-0.3, -0.25) is 4.79 Å². The summed E-state index contributed by atoms with van der Waals surface area (Å²) in [5.41, 5.74) is 0. The van der Waals surface area contributed by atoms with Gasteiger partial charge >= 0.3 is 0 Å². The van der Waals surface area contributed by atoms with E-state index in [9.17, 15) is 4.79 Å². The lowest BCUT2D eigenvalue weighted by atomic mass is 10.1. The lowest BCUT2D eigenvalue weighted by molar-refractivity contribution is -0.122. The number of ether oxygens (including phenoxy) is 1. The maximum Gasteiger partial charge on any atom is 0.138 e. The molecule has 0 bridgehead atoms. The fourth-order valence-electron chi connectivity index (χ4n) is 1.43. The highest BCUT2D eigenvalue weighted by Crippen LogP contribution is 2.21. The molecule has 1 unspecified atom stereocenters. The summed E-state index contributed by atoms with van der Waals surface area (Å²) in [5, 5.41) is 0. The van der Waals surface area contributed by atoms with E-state index in [0.29, 0.717) is 12.4 Å². The van der Waals surface area contributed by atoms with Crippen molar-refractivity contribution in [2.24, 2.45) is 5.92 Å². The molecule has 1 fully saturated rings. The molecule has 0 amide bonds. The molecular weight excluding hydrogens is 140 g/mol. The first-order chi connectivity index (χ1) is 5.34. The molecule has 0 aromatic heterocycles. The van der Waals surface area contributed by atoms with Crippen LogP contribution in [-0.4, -0.2) is 19.0 Å². The second kappa shape index (κ2) is 4.50. The minimum absolute atomic E-state index is 0.224. The molecule has 2 heteroatoms. The number of carbonyl (C=O) groups excluding carboxylic acids is 1. The molecule has 1 rings (SSSR count). The van der Waals surface area contributed by atoms with E-state index in [2.05, 4.69) is 6.92 Å². The fraction of sp³-hybridized carbons (Fsp3) is 0.889. The van der Waals surface area contributed by atoms with Gasteiger partial charge in [-0.2, -0.15) is 0 Å². The van der Waals surface area contributed by atoms with Gasteiger partial charge in [-0.05, 0) is 19.3 Å². The van der Waals surface area contributed by atoms with E-state index in [1.165, 1.54) is 0 Å². The summed E-state index contributed by atoms with van der Waals surface area (Å²) in [6.07, 6.45) is 3.93. The van der Waals surface area contributed by atoms with Crippen LogP contribution in [0.25, 0.3) is 0 Å². The van der Waals surface area contributed by atoms with Crippen LogP contribution in [0.4, 0.5) is 0 Å². The van der Waals surface area contributed by atoms with E-state index in [1.807, 2.05) is 0 Å². The zero-order valence-electron chi connectivity index (χ0n) is 7.14. The van der Waals surface area contributed by atoms with Crippen molar-refractivity contribution in [1.29, 1.82) is 0 Å². The first-order valence-electron chi connectivity index (χ1n) is 4.45. The van der Waals surface area contributed by atoms with Crippen LogP contribution in [-0.2, 0) is 9.53 Å². The number of rotatable bonds is 4. The molecule has 0 aromatic rings. The average Bonchev–Trinajstić information content (AvgIpc) is 2.37. The van der Waals surface area contributed by atoms with Crippen molar-refractivity contribution in [3.63, 3.8) is 0 Å². The topological polar surface area (TPSA) is 26.3 Å². The second-order valence-corrected chi connectivity index (χ2v) is 3.13. The van der Waals surface area contributed by atoms with E-state index in [-0.39, 0.29) is 5.92 Å². The monoisotopic (exact) mass is 156 g/mol. The van der Waals surface area contributed by atoms with E-state index in [4.69, 9.17) is 4.74 Å². The molecule has 2 nitrogen and oxygen atoms in total. The van der Waals surface area contributed by atoms with Crippen molar-refractivity contribution in [1.82, 2.24) is 0 Å². The molecule has 0 saturated heterocycles. The average molecular weight is 156 g/mol. The van der Waals surface area contributed by atoms with Gasteiger partial charge in [-0.25, -0.2) is 0 Å². The van der Waals surface area contributed by atoms with Gasteiger partial charge in [0.25, 0.3) is 0 Å². The molecule has 0 heterocycles. The number of hydrogen-bond donors (Lipinski definition) is 0. The molecule has 1 saturated carbocycles. The summed E-state index contributed by atoms with van der Waals surface area (Å²) in [6.45, 7) is 3.53. The van der Waals surface area contributed by atoms with E-state index in [1.54, 1.807) is 0 Å². The predicted octanol–water partition coefficient (Wildman–Crippen LogP) is 1.78. The Kier molecular flexibility index (Phi) is 3.57. The third kappa shape index (κ3) is 2.62. The maximum absolute atomic E-state index is 11.1. The van der Waals surface area contributed by atoms with Crippen molar-refractivity contribution < 1.29 is 9.53 Å². The molecule has 0 N–H and O–H groups in total. The standard InChI is InChI=1S/C9H16O2/c1-2-6-11-7-8-4-3-5-9(8)10/h8H,2-7H2,1H3. The smallest absolute Gasteiger partial charge is 0.138 e. The SMILES string of the molecule is CCCOCC1CCCC1=O. The number of Topliss-reactive ketones (excluding diaryl/α,β-unsaturated/α-hetero) is 1. The lowest BCUT2D eigenvalue weighted by Crippen LogP contribution is -2.14. The van der Waals surface area contributed by atoms with Gasteiger partial charge in [0.1, 0.15) is 5.78 Å². The Morgan fingerprint density at radius 1 is 1.64 bits per heavy atom. The summed E-state index contributed by atoms with van der Waals surface area (Å²) < 4.78 is 5.32. The van der Waals surface area contributed by atoms with Crippen LogP contribution in [0.5, 0.6) is 0 Å². The molecule has 0 aromatic carbocycles. The third-order valence-corrected chi connectivity index (χ3v) is 2.10. The highest BCUT2D eigenvalue weighted by molar-refractivity contribution is 5.82. The van der Waals surface area contributed by atoms with Crippen molar-refractivity contribution in [3.05, 3.63) is 0 Å². The lowest BCUT2D eigenvalue weighted by Gasteiger charge is -2.07. The summed E-state index contributed by atoms with van der Waals surface area (Å²) in [7, 11) is 0. The minimum Gasteiger partial charge on any atom is -0.381 e. The number of carbonyl (C=O) groups is 1. The Labute approximate surface area is 67.9 Å². The molecule has 1 atom stereocenters. The van der Waals surface area contributed by atoms with E-state index in [0.717, 1.165) is 32.3 Å². The van der Waals surface area contributed by atoms with Crippen LogP contribution in [0, 0.1) is 5.92 Å². The van der Waals surface area contributed by atoms with Crippen molar-refractivity contribution in [3.8, 4) is 0 Å². The fourth-order valence-corrected chi connectivity index (χ4v) is 1.43. The van der Waals surface area contributed by atoms with Crippen LogP contribution in [0.2, 0.25) is 0 Å². The summed E-state index contributed by atoms with van der Waals surface area (Å²) in [4.78, 5) is 11.1. The molecule has 0 spiro atoms. The first-order valence-corrected chi connectivity index (χ1v) is 4.45. The Morgan fingerprint density at radius 3 is 3.00 bits per heavy atom. The van der Waals surface area contributed by atoms with Gasteiger partial charge in [0, 0.05) is 18.9 Å². The predicted molar refractivity (Wildman–Crippen MR) is 43.5 cm³/mol. The molecular formula is C9H16O2. The van der Waals surface area contributed by atoms with Crippen LogP contribution in [0.3, 0.4) is 0 Å². The molecule has 1 aliphatic carbocycles. The molecule has 0 radical (unpaired) electrons. The van der Waals surface area contributed by atoms with Gasteiger partial charge in [-0.15, -0.1) is 0 Å². The Balaban J connectivity index is 2.10. The van der Waals surface area contributed by atoms with Crippen molar-refractivity contribution in [2.45, 2.75) is 32.6 Å². The van der Waals surface area contributed by atoms with Gasteiger partial charge in [0.2, 0.25) is 0 Å². The molecule has 11 heavy (non-hydrogen) atoms. The van der Waals surface area contributed by atoms with Gasteiger partial charge < -0.3 is 4.74 Å². The maximum atomic E-state index is 11.1. The van der Waals surface area contributed by atoms with Crippen LogP contribution in [0.15, 0.2) is 0 Å². The van der Waals surface area contributed by atoms with E-state index >= 15 is 0 Å². The number of hydrogen-bond acceptors (Lipinski definition) is 2. The molecule has 1 aliphatic rings. The Hall–Kier alpha value is -0.370. The number of ketones is 1. The normalized spacial score (nSPS) is 24.5.